The first-order valence-corrected chi connectivity index (χ1v) is 15.2. The number of benzene rings is 1. The topological polar surface area (TPSA) is 181 Å². The number of carbonyl (C=O) groups excluding carboxylic acids is 1. The molecule has 2 aliphatic heterocycles. The third-order valence-electron chi connectivity index (χ3n) is 7.23. The molecule has 2 atom stereocenters. The van der Waals surface area contributed by atoms with Crippen molar-refractivity contribution in [3.05, 3.63) is 23.8 Å². The van der Waals surface area contributed by atoms with Gasteiger partial charge >= 0.3 is 5.97 Å². The van der Waals surface area contributed by atoms with Crippen LogP contribution in [0.3, 0.4) is 0 Å². The fourth-order valence-electron chi connectivity index (χ4n) is 5.11. The van der Waals surface area contributed by atoms with Crippen molar-refractivity contribution in [2.75, 3.05) is 51.1 Å². The molecule has 1 fully saturated rings. The van der Waals surface area contributed by atoms with Gasteiger partial charge in [0.2, 0.25) is 15.9 Å². The van der Waals surface area contributed by atoms with Gasteiger partial charge in [0.1, 0.15) is 10.9 Å². The average molecular weight is 566 g/mol. The van der Waals surface area contributed by atoms with Crippen molar-refractivity contribution in [3.63, 3.8) is 0 Å². The number of unbranched alkanes of at least 4 members (excludes halogenated alkanes) is 2. The van der Waals surface area contributed by atoms with Crippen LogP contribution >= 0.6 is 0 Å². The number of carboxylic acid groups (broad SMARTS) is 1. The summed E-state index contributed by atoms with van der Waals surface area (Å²) in [6.45, 7) is 6.36. The van der Waals surface area contributed by atoms with Crippen molar-refractivity contribution in [1.29, 1.82) is 5.41 Å². The summed E-state index contributed by atoms with van der Waals surface area (Å²) in [4.78, 5) is 28.3. The number of piperazine rings is 1. The first-order valence-electron chi connectivity index (χ1n) is 13.8. The second kappa shape index (κ2) is 14.5. The third kappa shape index (κ3) is 9.36. The van der Waals surface area contributed by atoms with Gasteiger partial charge in [-0.1, -0.05) is 25.5 Å². The normalized spacial score (nSPS) is 18.6. The van der Waals surface area contributed by atoms with E-state index in [4.69, 9.17) is 16.2 Å². The molecule has 1 saturated heterocycles. The van der Waals surface area contributed by atoms with Gasteiger partial charge in [0.25, 0.3) is 0 Å². The highest BCUT2D eigenvalue weighted by atomic mass is 32.2. The highest BCUT2D eigenvalue weighted by Crippen LogP contribution is 2.31. The molecule has 39 heavy (non-hydrogen) atoms. The summed E-state index contributed by atoms with van der Waals surface area (Å²) in [5.41, 5.74) is 6.91. The summed E-state index contributed by atoms with van der Waals surface area (Å²) in [7, 11) is -3.99. The van der Waals surface area contributed by atoms with Crippen molar-refractivity contribution >= 4 is 33.5 Å². The van der Waals surface area contributed by atoms with Crippen LogP contribution in [0.25, 0.3) is 0 Å². The Morgan fingerprint density at radius 2 is 1.92 bits per heavy atom. The first kappa shape index (κ1) is 30.6. The van der Waals surface area contributed by atoms with E-state index in [1.165, 1.54) is 0 Å². The van der Waals surface area contributed by atoms with E-state index in [0.717, 1.165) is 31.4 Å². The minimum atomic E-state index is -3.99. The largest absolute Gasteiger partial charge is 0.481 e. The number of amides is 1. The van der Waals surface area contributed by atoms with Gasteiger partial charge in [-0.2, -0.15) is 4.72 Å². The lowest BCUT2D eigenvalue weighted by molar-refractivity contribution is -0.137. The average Bonchev–Trinajstić information content (AvgIpc) is 2.89. The predicted octanol–water partition coefficient (Wildman–Crippen LogP) is 0.990. The summed E-state index contributed by atoms with van der Waals surface area (Å²) >= 11 is 0. The maximum absolute atomic E-state index is 13.6. The Hall–Kier alpha value is -2.90. The van der Waals surface area contributed by atoms with Crippen molar-refractivity contribution in [2.45, 2.75) is 62.8 Å². The highest BCUT2D eigenvalue weighted by molar-refractivity contribution is 7.89. The quantitative estimate of drug-likeness (QED) is 0.109. The van der Waals surface area contributed by atoms with Gasteiger partial charge in [0.15, 0.2) is 5.96 Å². The number of rotatable bonds is 14. The molecule has 12 nitrogen and oxygen atoms in total. The van der Waals surface area contributed by atoms with Crippen molar-refractivity contribution in [3.8, 4) is 0 Å². The standard InChI is InChI=1S/C26H43N7O5S/c1-19-17-20-7-5-9-22(24(20)30-18-19)39(37,38)31-21(8-6-11-29-26(27)28)25(36)33-15-13-32(14-16-33)12-4-2-3-10-23(34)35/h5,7,9,19,21,30-31H,2-4,6,8,10-18H2,1H3,(H,34,35)(H4,27,28,29)/t19-,21?/m0/s1. The second-order valence-corrected chi connectivity index (χ2v) is 12.2. The van der Waals surface area contributed by atoms with E-state index < -0.39 is 22.0 Å². The Morgan fingerprint density at radius 1 is 1.18 bits per heavy atom. The lowest BCUT2D eigenvalue weighted by Crippen LogP contribution is -2.55. The molecule has 0 saturated carbocycles. The smallest absolute Gasteiger partial charge is 0.303 e. The number of aliphatic carboxylic acids is 1. The molecule has 1 aromatic rings. The van der Waals surface area contributed by atoms with Gasteiger partial charge in [-0.3, -0.25) is 19.9 Å². The van der Waals surface area contributed by atoms with E-state index in [9.17, 15) is 18.0 Å². The van der Waals surface area contributed by atoms with Gasteiger partial charge < -0.3 is 26.4 Å². The van der Waals surface area contributed by atoms with Gasteiger partial charge in [-0.15, -0.1) is 0 Å². The Labute approximate surface area is 231 Å². The van der Waals surface area contributed by atoms with Gasteiger partial charge in [-0.25, -0.2) is 8.42 Å². The maximum Gasteiger partial charge on any atom is 0.303 e. The highest BCUT2D eigenvalue weighted by Gasteiger charge is 2.32. The summed E-state index contributed by atoms with van der Waals surface area (Å²) < 4.78 is 29.8. The van der Waals surface area contributed by atoms with Crippen LogP contribution in [0.15, 0.2) is 23.1 Å². The molecular weight excluding hydrogens is 522 g/mol. The summed E-state index contributed by atoms with van der Waals surface area (Å²) in [6, 6.07) is 4.29. The molecule has 2 aliphatic rings. The summed E-state index contributed by atoms with van der Waals surface area (Å²) in [5, 5.41) is 22.1. The number of nitrogens with zero attached hydrogens (tertiary/aromatic N) is 2. The van der Waals surface area contributed by atoms with Crippen LogP contribution in [0, 0.1) is 11.3 Å². The Bertz CT molecular complexity index is 1110. The lowest BCUT2D eigenvalue weighted by atomic mass is 9.96. The number of hydrogen-bond acceptors (Lipinski definition) is 7. The number of anilines is 1. The molecule has 218 valence electrons. The van der Waals surface area contributed by atoms with Gasteiger partial charge in [0, 0.05) is 45.7 Å². The van der Waals surface area contributed by atoms with E-state index >= 15 is 0 Å². The van der Waals surface area contributed by atoms with Gasteiger partial charge in [-0.05, 0) is 56.2 Å². The number of nitrogens with one attached hydrogen (secondary N) is 4. The van der Waals surface area contributed by atoms with E-state index in [1.807, 2.05) is 6.07 Å². The number of para-hydroxylation sites is 1. The van der Waals surface area contributed by atoms with Crippen molar-refractivity contribution < 1.29 is 23.1 Å². The molecule has 0 aliphatic carbocycles. The van der Waals surface area contributed by atoms with Crippen LogP contribution in [-0.2, 0) is 26.0 Å². The summed E-state index contributed by atoms with van der Waals surface area (Å²) in [5.74, 6) is -0.806. The Kier molecular flexibility index (Phi) is 11.4. The molecule has 3 rings (SSSR count). The molecule has 0 radical (unpaired) electrons. The minimum absolute atomic E-state index is 0.152. The monoisotopic (exact) mass is 565 g/mol. The lowest BCUT2D eigenvalue weighted by Gasteiger charge is -2.36. The number of carbonyl (C=O) groups is 2. The van der Waals surface area contributed by atoms with Crippen LogP contribution in [0.4, 0.5) is 5.69 Å². The van der Waals surface area contributed by atoms with Crippen LogP contribution < -0.4 is 21.1 Å². The molecule has 0 aromatic heterocycles. The summed E-state index contributed by atoms with van der Waals surface area (Å²) in [6.07, 6.45) is 4.10. The zero-order valence-electron chi connectivity index (χ0n) is 22.7. The zero-order valence-corrected chi connectivity index (χ0v) is 23.6. The van der Waals surface area contributed by atoms with Gasteiger partial charge in [0.05, 0.1) is 5.69 Å². The minimum Gasteiger partial charge on any atom is -0.481 e. The number of carboxylic acids is 1. The van der Waals surface area contributed by atoms with Crippen LogP contribution in [0.5, 0.6) is 0 Å². The number of hydrogen-bond donors (Lipinski definition) is 6. The molecular formula is C26H43N7O5S. The van der Waals surface area contributed by atoms with Crippen molar-refractivity contribution in [1.82, 2.24) is 19.8 Å². The van der Waals surface area contributed by atoms with Crippen LogP contribution in [0.2, 0.25) is 0 Å². The number of fused-ring (bicyclic) bond motifs is 1. The maximum atomic E-state index is 13.6. The predicted molar refractivity (Wildman–Crippen MR) is 150 cm³/mol. The van der Waals surface area contributed by atoms with E-state index in [0.29, 0.717) is 63.7 Å². The van der Waals surface area contributed by atoms with Crippen LogP contribution in [-0.4, -0.2) is 93.0 Å². The Morgan fingerprint density at radius 3 is 2.62 bits per heavy atom. The SMILES string of the molecule is C[C@@H]1CNc2c(cccc2S(=O)(=O)NC(CCCNC(=N)N)C(=O)N2CCN(CCCCCC(=O)O)CC2)C1. The molecule has 2 heterocycles. The van der Waals surface area contributed by atoms with E-state index in [2.05, 4.69) is 27.2 Å². The molecule has 0 spiro atoms. The molecule has 1 amide bonds. The number of guanidine groups is 1. The number of sulfonamides is 1. The fraction of sp³-hybridized carbons (Fsp3) is 0.654. The van der Waals surface area contributed by atoms with E-state index in [-0.39, 0.29) is 29.6 Å². The molecule has 7 N–H and O–H groups in total. The molecule has 13 heteroatoms. The fourth-order valence-corrected chi connectivity index (χ4v) is 6.56. The number of nitrogens with two attached hydrogens (primary N) is 1. The second-order valence-electron chi connectivity index (χ2n) is 10.5. The third-order valence-corrected chi connectivity index (χ3v) is 8.74. The van der Waals surface area contributed by atoms with Crippen molar-refractivity contribution in [2.24, 2.45) is 11.7 Å². The van der Waals surface area contributed by atoms with Crippen LogP contribution in [0.1, 0.15) is 51.0 Å². The first-order chi connectivity index (χ1) is 18.6. The molecule has 1 aromatic carbocycles. The Balaban J connectivity index is 1.63. The zero-order chi connectivity index (χ0) is 28.4. The van der Waals surface area contributed by atoms with E-state index in [1.54, 1.807) is 17.0 Å². The molecule has 0 bridgehead atoms. The molecule has 1 unspecified atom stereocenters.